The van der Waals surface area contributed by atoms with E-state index in [1.807, 2.05) is 6.92 Å². The molecule has 1 unspecified atom stereocenters. The van der Waals surface area contributed by atoms with Crippen molar-refractivity contribution < 1.29 is 28.5 Å². The van der Waals surface area contributed by atoms with Gasteiger partial charge in [0, 0.05) is 12.1 Å². The second-order valence-electron chi connectivity index (χ2n) is 4.60. The lowest BCUT2D eigenvalue weighted by Gasteiger charge is -2.11. The molecule has 10 heteroatoms. The van der Waals surface area contributed by atoms with Gasteiger partial charge < -0.3 is 9.47 Å². The number of nitro groups is 2. The second-order valence-corrected chi connectivity index (χ2v) is 4.60. The van der Waals surface area contributed by atoms with Gasteiger partial charge in [-0.15, -0.1) is 0 Å². The Hall–Kier alpha value is -2.78. The molecule has 9 nitrogen and oxygen atoms in total. The highest BCUT2D eigenvalue weighted by atomic mass is 19.1. The van der Waals surface area contributed by atoms with Crippen molar-refractivity contribution in [1.29, 1.82) is 0 Å². The van der Waals surface area contributed by atoms with E-state index in [0.717, 1.165) is 12.1 Å². The maximum absolute atomic E-state index is 11.9. The molecular weight excluding hydrogens is 315 g/mol. The largest absolute Gasteiger partial charge is 0.514 e. The van der Waals surface area contributed by atoms with E-state index in [1.54, 1.807) is 6.92 Å². The highest BCUT2D eigenvalue weighted by Crippen LogP contribution is 2.40. The zero-order valence-electron chi connectivity index (χ0n) is 12.5. The first-order valence-electron chi connectivity index (χ1n) is 6.69. The Morgan fingerprint density at radius 3 is 2.17 bits per heavy atom. The number of hydrogen-bond acceptors (Lipinski definition) is 7. The van der Waals surface area contributed by atoms with Crippen molar-refractivity contribution in [1.82, 2.24) is 0 Å². The Labute approximate surface area is 130 Å². The monoisotopic (exact) mass is 330 g/mol. The molecule has 0 spiro atoms. The molecule has 0 saturated heterocycles. The number of ether oxygens (including phenoxy) is 2. The van der Waals surface area contributed by atoms with Crippen molar-refractivity contribution in [2.24, 2.45) is 0 Å². The van der Waals surface area contributed by atoms with Crippen LogP contribution >= 0.6 is 0 Å². The zero-order chi connectivity index (χ0) is 17.6. The van der Waals surface area contributed by atoms with Crippen LogP contribution in [0.3, 0.4) is 0 Å². The number of benzene rings is 1. The van der Waals surface area contributed by atoms with Gasteiger partial charge in [-0.3, -0.25) is 20.2 Å². The summed E-state index contributed by atoms with van der Waals surface area (Å²) in [6.45, 7) is 1.97. The summed E-state index contributed by atoms with van der Waals surface area (Å²) in [7, 11) is 0. The van der Waals surface area contributed by atoms with E-state index < -0.39 is 46.4 Å². The molecule has 1 aromatic carbocycles. The number of hydrogen-bond donors (Lipinski definition) is 0. The summed E-state index contributed by atoms with van der Waals surface area (Å²) in [5, 5.41) is 22.3. The Balaban J connectivity index is 3.37. The van der Waals surface area contributed by atoms with Crippen LogP contribution in [0.25, 0.3) is 0 Å². The number of carbonyl (C=O) groups excluding carboxylic acids is 1. The van der Waals surface area contributed by atoms with Crippen LogP contribution in [0.2, 0.25) is 0 Å². The summed E-state index contributed by atoms with van der Waals surface area (Å²) in [5.41, 5.74) is -1.09. The van der Waals surface area contributed by atoms with Crippen LogP contribution in [0.5, 0.6) is 5.75 Å². The smallest absolute Gasteiger partial charge is 0.431 e. The van der Waals surface area contributed by atoms with Crippen molar-refractivity contribution in [2.45, 2.75) is 26.2 Å². The highest BCUT2D eigenvalue weighted by Gasteiger charge is 2.31. The predicted molar refractivity (Wildman–Crippen MR) is 76.4 cm³/mol. The molecule has 0 heterocycles. The van der Waals surface area contributed by atoms with Crippen LogP contribution < -0.4 is 4.74 Å². The minimum atomic E-state index is -1.45. The van der Waals surface area contributed by atoms with Crippen LogP contribution in [0.1, 0.15) is 31.7 Å². The number of nitro benzene ring substituents is 2. The molecule has 1 aromatic rings. The third-order valence-corrected chi connectivity index (χ3v) is 3.13. The summed E-state index contributed by atoms with van der Waals surface area (Å²) in [4.78, 5) is 31.8. The summed E-state index contributed by atoms with van der Waals surface area (Å²) < 4.78 is 20.8. The van der Waals surface area contributed by atoms with Crippen molar-refractivity contribution >= 4 is 17.5 Å². The normalized spacial score (nSPS) is 11.6. The van der Waals surface area contributed by atoms with Crippen molar-refractivity contribution in [2.75, 3.05) is 13.3 Å². The summed E-state index contributed by atoms with van der Waals surface area (Å²) >= 11 is 0. The highest BCUT2D eigenvalue weighted by molar-refractivity contribution is 5.71. The Kier molecular flexibility index (Phi) is 6.36. The Morgan fingerprint density at radius 2 is 1.78 bits per heavy atom. The fraction of sp³-hybridized carbons (Fsp3) is 0.462. The van der Waals surface area contributed by atoms with Gasteiger partial charge in [0.1, 0.15) is 13.3 Å². The maximum atomic E-state index is 11.9. The van der Waals surface area contributed by atoms with Gasteiger partial charge in [0.2, 0.25) is 0 Å². The van der Waals surface area contributed by atoms with Gasteiger partial charge >= 0.3 is 17.5 Å². The zero-order valence-corrected chi connectivity index (χ0v) is 12.5. The molecule has 0 aromatic heterocycles. The molecule has 0 N–H and O–H groups in total. The molecule has 0 saturated carbocycles. The maximum Gasteiger partial charge on any atom is 0.514 e. The molecule has 0 fully saturated rings. The van der Waals surface area contributed by atoms with Crippen LogP contribution in [0, 0.1) is 20.2 Å². The minimum absolute atomic E-state index is 0.167. The van der Waals surface area contributed by atoms with Gasteiger partial charge in [-0.25, -0.2) is 9.18 Å². The van der Waals surface area contributed by atoms with Gasteiger partial charge in [-0.1, -0.05) is 13.8 Å². The van der Waals surface area contributed by atoms with Crippen molar-refractivity contribution in [3.8, 4) is 5.75 Å². The molecule has 0 amide bonds. The molecular formula is C13H15FN2O7. The third-order valence-electron chi connectivity index (χ3n) is 3.13. The van der Waals surface area contributed by atoms with Crippen molar-refractivity contribution in [3.63, 3.8) is 0 Å². The van der Waals surface area contributed by atoms with E-state index in [0.29, 0.717) is 12.0 Å². The van der Waals surface area contributed by atoms with E-state index >= 15 is 0 Å². The number of halogens is 1. The van der Waals surface area contributed by atoms with Crippen LogP contribution in [0.15, 0.2) is 12.1 Å². The topological polar surface area (TPSA) is 122 Å². The van der Waals surface area contributed by atoms with Crippen LogP contribution in [-0.4, -0.2) is 29.3 Å². The van der Waals surface area contributed by atoms with E-state index in [1.165, 1.54) is 0 Å². The van der Waals surface area contributed by atoms with E-state index in [2.05, 4.69) is 9.47 Å². The van der Waals surface area contributed by atoms with Crippen molar-refractivity contribution in [3.05, 3.63) is 37.9 Å². The van der Waals surface area contributed by atoms with Gasteiger partial charge in [-0.05, 0) is 17.9 Å². The molecule has 1 rings (SSSR count). The van der Waals surface area contributed by atoms with Gasteiger partial charge in [0.25, 0.3) is 5.75 Å². The Morgan fingerprint density at radius 1 is 1.26 bits per heavy atom. The first-order chi connectivity index (χ1) is 10.8. The standard InChI is InChI=1S/C13H15FN2O7/c1-3-8(2)9-6-10(15(18)19)12(11(7-9)16(20)21)23-13(17)22-5-4-14/h6-8H,3-5H2,1-2H3. The lowest BCUT2D eigenvalue weighted by Crippen LogP contribution is -2.14. The van der Waals surface area contributed by atoms with Gasteiger partial charge in [0.15, 0.2) is 0 Å². The number of nitrogens with zero attached hydrogens (tertiary/aromatic N) is 2. The SMILES string of the molecule is CCC(C)c1cc([N+](=O)[O-])c(OC(=O)OCCF)c([N+](=O)[O-])c1. The van der Waals surface area contributed by atoms with Crippen LogP contribution in [0.4, 0.5) is 20.6 Å². The molecule has 0 aliphatic heterocycles. The molecule has 1 atom stereocenters. The van der Waals surface area contributed by atoms with E-state index in [4.69, 9.17) is 0 Å². The molecule has 0 aliphatic carbocycles. The fourth-order valence-corrected chi connectivity index (χ4v) is 1.75. The minimum Gasteiger partial charge on any atom is -0.431 e. The predicted octanol–water partition coefficient (Wildman–Crippen LogP) is 3.50. The third kappa shape index (κ3) is 4.59. The average molecular weight is 330 g/mol. The number of carbonyl (C=O) groups is 1. The Bertz CT molecular complexity index is 585. The summed E-state index contributed by atoms with van der Waals surface area (Å²) in [5.74, 6) is -1.00. The summed E-state index contributed by atoms with van der Waals surface area (Å²) in [6, 6.07) is 2.22. The quantitative estimate of drug-likeness (QED) is 0.324. The summed E-state index contributed by atoms with van der Waals surface area (Å²) in [6.07, 6.45) is -0.849. The molecule has 23 heavy (non-hydrogen) atoms. The lowest BCUT2D eigenvalue weighted by molar-refractivity contribution is -0.395. The molecule has 0 radical (unpaired) electrons. The molecule has 0 bridgehead atoms. The molecule has 126 valence electrons. The average Bonchev–Trinajstić information content (AvgIpc) is 2.51. The first-order valence-corrected chi connectivity index (χ1v) is 6.69. The van der Waals surface area contributed by atoms with E-state index in [-0.39, 0.29) is 5.92 Å². The number of rotatable bonds is 7. The fourth-order valence-electron chi connectivity index (χ4n) is 1.75. The van der Waals surface area contributed by atoms with E-state index in [9.17, 15) is 29.4 Å². The van der Waals surface area contributed by atoms with Gasteiger partial charge in [0.05, 0.1) is 9.85 Å². The van der Waals surface area contributed by atoms with Crippen LogP contribution in [-0.2, 0) is 4.74 Å². The first kappa shape index (κ1) is 18.3. The lowest BCUT2D eigenvalue weighted by atomic mass is 9.97. The number of alkyl halides is 1. The molecule has 0 aliphatic rings. The van der Waals surface area contributed by atoms with Gasteiger partial charge in [-0.2, -0.15) is 0 Å². The second kappa shape index (κ2) is 8.01.